The van der Waals surface area contributed by atoms with Crippen LogP contribution in [0.3, 0.4) is 0 Å². The number of carbonyl (C=O) groups is 1. The van der Waals surface area contributed by atoms with Gasteiger partial charge in [0.05, 0.1) is 12.5 Å². The van der Waals surface area contributed by atoms with Crippen molar-refractivity contribution >= 4 is 5.91 Å². The maximum absolute atomic E-state index is 13.2. The van der Waals surface area contributed by atoms with Crippen molar-refractivity contribution in [1.29, 1.82) is 0 Å². The lowest BCUT2D eigenvalue weighted by molar-refractivity contribution is 0.0682. The summed E-state index contributed by atoms with van der Waals surface area (Å²) in [7, 11) is 0. The Morgan fingerprint density at radius 3 is 2.44 bits per heavy atom. The van der Waals surface area contributed by atoms with E-state index in [1.54, 1.807) is 29.2 Å². The quantitative estimate of drug-likeness (QED) is 0.700. The molecule has 0 bridgehead atoms. The minimum Gasteiger partial charge on any atom is -0.337 e. The zero-order chi connectivity index (χ0) is 18.6. The van der Waals surface area contributed by atoms with Crippen LogP contribution in [0.5, 0.6) is 0 Å². The number of imidazole rings is 1. The fraction of sp³-hybridized carbons (Fsp3) is 0.273. The predicted octanol–water partition coefficient (Wildman–Crippen LogP) is 4.11. The van der Waals surface area contributed by atoms with Crippen molar-refractivity contribution in [2.45, 2.75) is 19.3 Å². The van der Waals surface area contributed by atoms with E-state index in [2.05, 4.69) is 29.2 Å². The van der Waals surface area contributed by atoms with E-state index in [0.717, 1.165) is 38.0 Å². The molecule has 0 aliphatic carbocycles. The van der Waals surface area contributed by atoms with Gasteiger partial charge in [-0.25, -0.2) is 9.37 Å². The molecule has 4 rings (SSSR count). The predicted molar refractivity (Wildman–Crippen MR) is 102 cm³/mol. The molecular formula is C22H22FN3O. The fourth-order valence-electron chi connectivity index (χ4n) is 3.71. The average Bonchev–Trinajstić information content (AvgIpc) is 3.19. The SMILES string of the molecule is O=C(c1cncn1-c1ccc(F)cc1)N1CCC(Cc2ccccc2)CC1. The Morgan fingerprint density at radius 2 is 1.74 bits per heavy atom. The normalized spacial score (nSPS) is 15.1. The minimum absolute atomic E-state index is 0.0185. The van der Waals surface area contributed by atoms with E-state index in [9.17, 15) is 9.18 Å². The van der Waals surface area contributed by atoms with Gasteiger partial charge in [0.15, 0.2) is 0 Å². The highest BCUT2D eigenvalue weighted by atomic mass is 19.1. The number of amides is 1. The van der Waals surface area contributed by atoms with Crippen LogP contribution in [0.15, 0.2) is 67.1 Å². The summed E-state index contributed by atoms with van der Waals surface area (Å²) in [6.45, 7) is 1.51. The van der Waals surface area contributed by atoms with Crippen molar-refractivity contribution in [3.05, 3.63) is 84.2 Å². The minimum atomic E-state index is -0.299. The van der Waals surface area contributed by atoms with Crippen LogP contribution in [0.4, 0.5) is 4.39 Å². The maximum Gasteiger partial charge on any atom is 0.272 e. The topological polar surface area (TPSA) is 38.1 Å². The van der Waals surface area contributed by atoms with Crippen LogP contribution in [0.25, 0.3) is 5.69 Å². The van der Waals surface area contributed by atoms with Gasteiger partial charge in [-0.2, -0.15) is 0 Å². The molecule has 138 valence electrons. The second-order valence-electron chi connectivity index (χ2n) is 7.05. The molecule has 0 atom stereocenters. The first kappa shape index (κ1) is 17.5. The molecule has 1 aliphatic heterocycles. The van der Waals surface area contributed by atoms with Gasteiger partial charge >= 0.3 is 0 Å². The van der Waals surface area contributed by atoms with Gasteiger partial charge in [0, 0.05) is 18.8 Å². The van der Waals surface area contributed by atoms with Crippen LogP contribution in [0, 0.1) is 11.7 Å². The van der Waals surface area contributed by atoms with Gasteiger partial charge in [0.25, 0.3) is 5.91 Å². The van der Waals surface area contributed by atoms with Crippen LogP contribution >= 0.6 is 0 Å². The number of nitrogens with zero attached hydrogens (tertiary/aromatic N) is 3. The molecule has 2 aromatic carbocycles. The third-order valence-corrected chi connectivity index (χ3v) is 5.23. The first-order valence-electron chi connectivity index (χ1n) is 9.32. The van der Waals surface area contributed by atoms with Crippen molar-refractivity contribution in [3.8, 4) is 5.69 Å². The Labute approximate surface area is 158 Å². The molecule has 1 aliphatic rings. The lowest BCUT2D eigenvalue weighted by atomic mass is 9.90. The molecule has 2 heterocycles. The monoisotopic (exact) mass is 363 g/mol. The van der Waals surface area contributed by atoms with Gasteiger partial charge < -0.3 is 4.90 Å². The number of likely N-dealkylation sites (tertiary alicyclic amines) is 1. The summed E-state index contributed by atoms with van der Waals surface area (Å²) in [5.41, 5.74) is 2.61. The Kier molecular flexibility index (Phi) is 5.01. The second-order valence-corrected chi connectivity index (χ2v) is 7.05. The lowest BCUT2D eigenvalue weighted by Gasteiger charge is -2.32. The molecular weight excluding hydrogens is 341 g/mol. The smallest absolute Gasteiger partial charge is 0.272 e. The highest BCUT2D eigenvalue weighted by Crippen LogP contribution is 2.23. The molecule has 1 aromatic heterocycles. The molecule has 1 amide bonds. The van der Waals surface area contributed by atoms with Gasteiger partial charge in [-0.15, -0.1) is 0 Å². The standard InChI is InChI=1S/C22H22FN3O/c23-19-6-8-20(9-7-19)26-16-24-15-21(26)22(27)25-12-10-18(11-13-25)14-17-4-2-1-3-5-17/h1-9,15-16,18H,10-14H2. The summed E-state index contributed by atoms with van der Waals surface area (Å²) < 4.78 is 14.9. The summed E-state index contributed by atoms with van der Waals surface area (Å²) in [6.07, 6.45) is 6.26. The average molecular weight is 363 g/mol. The number of benzene rings is 2. The third-order valence-electron chi connectivity index (χ3n) is 5.23. The number of hydrogen-bond acceptors (Lipinski definition) is 2. The molecule has 5 heteroatoms. The fourth-order valence-corrected chi connectivity index (χ4v) is 3.71. The van der Waals surface area contributed by atoms with Crippen molar-refractivity contribution in [2.24, 2.45) is 5.92 Å². The van der Waals surface area contributed by atoms with Gasteiger partial charge in [-0.05, 0) is 55.0 Å². The number of piperidine rings is 1. The van der Waals surface area contributed by atoms with Crippen LogP contribution in [0.1, 0.15) is 28.9 Å². The summed E-state index contributed by atoms with van der Waals surface area (Å²) in [5.74, 6) is 0.292. The summed E-state index contributed by atoms with van der Waals surface area (Å²) in [5, 5.41) is 0. The Balaban J connectivity index is 1.42. The van der Waals surface area contributed by atoms with E-state index in [0.29, 0.717) is 11.6 Å². The highest BCUT2D eigenvalue weighted by Gasteiger charge is 2.26. The Morgan fingerprint density at radius 1 is 1.04 bits per heavy atom. The van der Waals surface area contributed by atoms with Crippen molar-refractivity contribution < 1.29 is 9.18 Å². The first-order valence-corrected chi connectivity index (χ1v) is 9.32. The molecule has 0 saturated carbocycles. The number of halogens is 1. The molecule has 27 heavy (non-hydrogen) atoms. The summed E-state index contributed by atoms with van der Waals surface area (Å²) in [4.78, 5) is 19.0. The molecule has 0 spiro atoms. The van der Waals surface area contributed by atoms with Crippen molar-refractivity contribution in [2.75, 3.05) is 13.1 Å². The number of rotatable bonds is 4. The van der Waals surface area contributed by atoms with E-state index in [1.807, 2.05) is 11.0 Å². The Hall–Kier alpha value is -2.95. The van der Waals surface area contributed by atoms with Crippen LogP contribution < -0.4 is 0 Å². The highest BCUT2D eigenvalue weighted by molar-refractivity contribution is 5.93. The van der Waals surface area contributed by atoms with Crippen molar-refractivity contribution in [1.82, 2.24) is 14.5 Å². The molecule has 3 aromatic rings. The third kappa shape index (κ3) is 3.92. The molecule has 0 N–H and O–H groups in total. The van der Waals surface area contributed by atoms with Crippen LogP contribution in [-0.2, 0) is 6.42 Å². The van der Waals surface area contributed by atoms with E-state index in [-0.39, 0.29) is 11.7 Å². The first-order chi connectivity index (χ1) is 13.2. The van der Waals surface area contributed by atoms with Gasteiger partial charge in [-0.1, -0.05) is 30.3 Å². The van der Waals surface area contributed by atoms with Crippen LogP contribution in [0.2, 0.25) is 0 Å². The van der Waals surface area contributed by atoms with Gasteiger partial charge in [0.1, 0.15) is 11.5 Å². The number of aromatic nitrogens is 2. The summed E-state index contributed by atoms with van der Waals surface area (Å²) >= 11 is 0. The Bertz CT molecular complexity index is 897. The van der Waals surface area contributed by atoms with Gasteiger partial charge in [0.2, 0.25) is 0 Å². The molecule has 0 unspecified atom stereocenters. The van der Waals surface area contributed by atoms with Crippen LogP contribution in [-0.4, -0.2) is 33.4 Å². The van der Waals surface area contributed by atoms with Gasteiger partial charge in [-0.3, -0.25) is 9.36 Å². The van der Waals surface area contributed by atoms with E-state index < -0.39 is 0 Å². The second kappa shape index (κ2) is 7.74. The summed E-state index contributed by atoms with van der Waals surface area (Å²) in [6, 6.07) is 16.6. The molecule has 1 saturated heterocycles. The largest absolute Gasteiger partial charge is 0.337 e. The number of hydrogen-bond donors (Lipinski definition) is 0. The molecule has 4 nitrogen and oxygen atoms in total. The maximum atomic E-state index is 13.2. The van der Waals surface area contributed by atoms with Crippen molar-refractivity contribution in [3.63, 3.8) is 0 Å². The van der Waals surface area contributed by atoms with E-state index in [1.165, 1.54) is 17.7 Å². The lowest BCUT2D eigenvalue weighted by Crippen LogP contribution is -2.39. The zero-order valence-corrected chi connectivity index (χ0v) is 15.1. The molecule has 1 fully saturated rings. The number of carbonyl (C=O) groups excluding carboxylic acids is 1. The van der Waals surface area contributed by atoms with E-state index >= 15 is 0 Å². The van der Waals surface area contributed by atoms with E-state index in [4.69, 9.17) is 0 Å². The zero-order valence-electron chi connectivity index (χ0n) is 15.1. The molecule has 0 radical (unpaired) electrons.